The van der Waals surface area contributed by atoms with Crippen molar-refractivity contribution in [3.63, 3.8) is 0 Å². The number of benzene rings is 1. The second kappa shape index (κ2) is 5.71. The van der Waals surface area contributed by atoms with Gasteiger partial charge in [-0.05, 0) is 36.8 Å². The smallest absolute Gasteiger partial charge is 0.354 e. The molecule has 0 spiro atoms. The third-order valence-electron chi connectivity index (χ3n) is 2.71. The summed E-state index contributed by atoms with van der Waals surface area (Å²) in [4.78, 5) is 14.6. The Bertz CT molecular complexity index is 584. The number of nitrogens with zero attached hydrogens (tertiary/aromatic N) is 1. The van der Waals surface area contributed by atoms with Gasteiger partial charge in [0.2, 0.25) is 0 Å². The molecule has 2 rings (SSSR count). The van der Waals surface area contributed by atoms with E-state index in [4.69, 9.17) is 16.7 Å². The number of hydrogen-bond acceptors (Lipinski definition) is 3. The maximum absolute atomic E-state index is 10.7. The highest BCUT2D eigenvalue weighted by Crippen LogP contribution is 2.21. The van der Waals surface area contributed by atoms with Gasteiger partial charge in [0.15, 0.2) is 0 Å². The molecular formula is C14H13ClN2O2. The van der Waals surface area contributed by atoms with E-state index in [0.29, 0.717) is 5.02 Å². The van der Waals surface area contributed by atoms with Crippen molar-refractivity contribution in [1.82, 2.24) is 4.98 Å². The molecule has 1 aromatic carbocycles. The first-order chi connectivity index (χ1) is 9.06. The fraction of sp³-hybridized carbons (Fsp3) is 0.143. The highest BCUT2D eigenvalue weighted by Gasteiger charge is 2.07. The van der Waals surface area contributed by atoms with Crippen molar-refractivity contribution in [3.05, 3.63) is 58.9 Å². The molecule has 2 N–H and O–H groups in total. The summed E-state index contributed by atoms with van der Waals surface area (Å²) < 4.78 is 0. The average molecular weight is 277 g/mol. The van der Waals surface area contributed by atoms with E-state index in [9.17, 15) is 4.79 Å². The lowest BCUT2D eigenvalue weighted by Gasteiger charge is -2.15. The number of anilines is 1. The minimum absolute atomic E-state index is 0.0287. The van der Waals surface area contributed by atoms with E-state index in [2.05, 4.69) is 10.3 Å². The molecule has 4 nitrogen and oxygen atoms in total. The number of pyridine rings is 1. The van der Waals surface area contributed by atoms with Crippen LogP contribution in [0.2, 0.25) is 5.02 Å². The Morgan fingerprint density at radius 2 is 2.16 bits per heavy atom. The van der Waals surface area contributed by atoms with E-state index in [1.807, 2.05) is 31.2 Å². The molecule has 0 saturated heterocycles. The van der Waals surface area contributed by atoms with Crippen molar-refractivity contribution in [2.75, 3.05) is 5.32 Å². The molecule has 0 bridgehead atoms. The topological polar surface area (TPSA) is 62.2 Å². The summed E-state index contributed by atoms with van der Waals surface area (Å²) in [6, 6.07) is 10.8. The van der Waals surface area contributed by atoms with E-state index in [0.717, 1.165) is 11.3 Å². The maximum atomic E-state index is 10.7. The molecule has 1 atom stereocenters. The van der Waals surface area contributed by atoms with Crippen LogP contribution in [0.4, 0.5) is 5.69 Å². The van der Waals surface area contributed by atoms with Crippen LogP contribution in [0, 0.1) is 0 Å². The van der Waals surface area contributed by atoms with Gasteiger partial charge in [0, 0.05) is 11.1 Å². The third-order valence-corrected chi connectivity index (χ3v) is 2.95. The largest absolute Gasteiger partial charge is 0.477 e. The highest BCUT2D eigenvalue weighted by molar-refractivity contribution is 6.30. The molecule has 19 heavy (non-hydrogen) atoms. The van der Waals surface area contributed by atoms with Crippen LogP contribution in [0.3, 0.4) is 0 Å². The van der Waals surface area contributed by atoms with Crippen LogP contribution in [-0.4, -0.2) is 16.1 Å². The number of aromatic carboxylic acids is 1. The van der Waals surface area contributed by atoms with Crippen LogP contribution in [0.15, 0.2) is 42.6 Å². The number of halogens is 1. The Hall–Kier alpha value is -2.07. The maximum Gasteiger partial charge on any atom is 0.354 e. The highest BCUT2D eigenvalue weighted by atomic mass is 35.5. The lowest BCUT2D eigenvalue weighted by Crippen LogP contribution is -2.07. The van der Waals surface area contributed by atoms with Gasteiger partial charge in [0.25, 0.3) is 0 Å². The standard InChI is InChI=1S/C14H13ClN2O2/c1-9(10-3-2-4-11(15)7-10)17-12-5-6-13(14(18)19)16-8-12/h2-9,17H,1H3,(H,18,19). The van der Waals surface area contributed by atoms with Crippen molar-refractivity contribution in [2.45, 2.75) is 13.0 Å². The number of rotatable bonds is 4. The zero-order valence-electron chi connectivity index (χ0n) is 10.3. The van der Waals surface area contributed by atoms with Crippen molar-refractivity contribution < 1.29 is 9.90 Å². The summed E-state index contributed by atoms with van der Waals surface area (Å²) in [7, 11) is 0. The Morgan fingerprint density at radius 1 is 1.37 bits per heavy atom. The number of hydrogen-bond donors (Lipinski definition) is 2. The SMILES string of the molecule is CC(Nc1ccc(C(=O)O)nc1)c1cccc(Cl)c1. The zero-order chi connectivity index (χ0) is 13.8. The van der Waals surface area contributed by atoms with Gasteiger partial charge in [-0.2, -0.15) is 0 Å². The summed E-state index contributed by atoms with van der Waals surface area (Å²) in [5.41, 5.74) is 1.84. The molecule has 5 heteroatoms. The first kappa shape index (κ1) is 13.4. The summed E-state index contributed by atoms with van der Waals surface area (Å²) in [6.07, 6.45) is 1.50. The monoisotopic (exact) mass is 276 g/mol. The quantitative estimate of drug-likeness (QED) is 0.895. The predicted molar refractivity (Wildman–Crippen MR) is 74.7 cm³/mol. The van der Waals surface area contributed by atoms with Gasteiger partial charge in [-0.3, -0.25) is 0 Å². The molecule has 2 aromatic rings. The van der Waals surface area contributed by atoms with E-state index >= 15 is 0 Å². The minimum atomic E-state index is -1.03. The first-order valence-corrected chi connectivity index (χ1v) is 6.15. The average Bonchev–Trinajstić information content (AvgIpc) is 2.39. The minimum Gasteiger partial charge on any atom is -0.477 e. The van der Waals surface area contributed by atoms with Gasteiger partial charge in [-0.15, -0.1) is 0 Å². The fourth-order valence-electron chi connectivity index (χ4n) is 1.72. The van der Waals surface area contributed by atoms with Crippen molar-refractivity contribution >= 4 is 23.3 Å². The van der Waals surface area contributed by atoms with Crippen molar-refractivity contribution in [2.24, 2.45) is 0 Å². The van der Waals surface area contributed by atoms with Crippen LogP contribution in [0.5, 0.6) is 0 Å². The zero-order valence-corrected chi connectivity index (χ0v) is 11.1. The molecule has 1 heterocycles. The molecule has 98 valence electrons. The molecule has 0 fully saturated rings. The Morgan fingerprint density at radius 3 is 2.74 bits per heavy atom. The lowest BCUT2D eigenvalue weighted by molar-refractivity contribution is 0.0690. The van der Waals surface area contributed by atoms with Crippen LogP contribution in [-0.2, 0) is 0 Å². The molecule has 0 saturated carbocycles. The number of aromatic nitrogens is 1. The summed E-state index contributed by atoms with van der Waals surface area (Å²) >= 11 is 5.94. The summed E-state index contributed by atoms with van der Waals surface area (Å²) in [5, 5.41) is 12.7. The summed E-state index contributed by atoms with van der Waals surface area (Å²) in [6.45, 7) is 2.00. The van der Waals surface area contributed by atoms with Crippen molar-refractivity contribution in [1.29, 1.82) is 0 Å². The van der Waals surface area contributed by atoms with Crippen LogP contribution < -0.4 is 5.32 Å². The van der Waals surface area contributed by atoms with E-state index in [1.165, 1.54) is 12.3 Å². The lowest BCUT2D eigenvalue weighted by atomic mass is 10.1. The molecular weight excluding hydrogens is 264 g/mol. The van der Waals surface area contributed by atoms with Gasteiger partial charge in [-0.25, -0.2) is 9.78 Å². The predicted octanol–water partition coefficient (Wildman–Crippen LogP) is 3.61. The third kappa shape index (κ3) is 3.45. The second-order valence-corrected chi connectivity index (χ2v) is 4.59. The number of carboxylic acids is 1. The van der Waals surface area contributed by atoms with Gasteiger partial charge in [-0.1, -0.05) is 23.7 Å². The molecule has 0 aliphatic heterocycles. The Kier molecular flexibility index (Phi) is 4.02. The van der Waals surface area contributed by atoms with Gasteiger partial charge in [0.1, 0.15) is 5.69 Å². The Labute approximate surface area is 116 Å². The molecule has 0 amide bonds. The molecule has 0 aliphatic rings. The molecule has 0 radical (unpaired) electrons. The van der Waals surface area contributed by atoms with E-state index in [-0.39, 0.29) is 11.7 Å². The fourth-order valence-corrected chi connectivity index (χ4v) is 1.91. The van der Waals surface area contributed by atoms with Gasteiger partial charge >= 0.3 is 5.97 Å². The van der Waals surface area contributed by atoms with Gasteiger partial charge < -0.3 is 10.4 Å². The Balaban J connectivity index is 2.10. The van der Waals surface area contributed by atoms with Crippen molar-refractivity contribution in [3.8, 4) is 0 Å². The first-order valence-electron chi connectivity index (χ1n) is 5.77. The van der Waals surface area contributed by atoms with E-state index in [1.54, 1.807) is 6.07 Å². The molecule has 1 aromatic heterocycles. The van der Waals surface area contributed by atoms with E-state index < -0.39 is 5.97 Å². The molecule has 0 aliphatic carbocycles. The van der Waals surface area contributed by atoms with Crippen LogP contribution >= 0.6 is 11.6 Å². The van der Waals surface area contributed by atoms with Crippen LogP contribution in [0.25, 0.3) is 0 Å². The van der Waals surface area contributed by atoms with Gasteiger partial charge in [0.05, 0.1) is 11.9 Å². The normalized spacial score (nSPS) is 11.9. The van der Waals surface area contributed by atoms with Crippen LogP contribution in [0.1, 0.15) is 29.0 Å². The molecule has 1 unspecified atom stereocenters. The number of carbonyl (C=O) groups is 1. The number of nitrogens with one attached hydrogen (secondary N) is 1. The number of carboxylic acid groups (broad SMARTS) is 1. The summed E-state index contributed by atoms with van der Waals surface area (Å²) in [5.74, 6) is -1.03. The second-order valence-electron chi connectivity index (χ2n) is 4.16.